The molecule has 1 saturated heterocycles. The first kappa shape index (κ1) is 20.7. The Bertz CT molecular complexity index is 1630. The minimum absolute atomic E-state index is 0.104. The predicted molar refractivity (Wildman–Crippen MR) is 127 cm³/mol. The summed E-state index contributed by atoms with van der Waals surface area (Å²) in [4.78, 5) is 38.5. The van der Waals surface area contributed by atoms with Gasteiger partial charge in [-0.05, 0) is 55.3 Å². The van der Waals surface area contributed by atoms with Crippen molar-refractivity contribution in [3.05, 3.63) is 63.8 Å². The summed E-state index contributed by atoms with van der Waals surface area (Å²) in [6.07, 6.45) is -2.22. The zero-order valence-electron chi connectivity index (χ0n) is 19.3. The second-order valence-electron chi connectivity index (χ2n) is 9.64. The number of esters is 2. The Morgan fingerprint density at radius 2 is 1.65 bits per heavy atom. The van der Waals surface area contributed by atoms with Gasteiger partial charge >= 0.3 is 11.9 Å². The molecule has 7 heteroatoms. The summed E-state index contributed by atoms with van der Waals surface area (Å²) < 4.78 is 19.7. The lowest BCUT2D eigenvalue weighted by atomic mass is 9.85. The molecule has 0 saturated carbocycles. The van der Waals surface area contributed by atoms with Crippen molar-refractivity contribution in [3.8, 4) is 5.75 Å². The van der Waals surface area contributed by atoms with Crippen molar-refractivity contribution < 1.29 is 23.8 Å². The third-order valence-electron chi connectivity index (χ3n) is 6.95. The van der Waals surface area contributed by atoms with Crippen molar-refractivity contribution in [2.45, 2.75) is 45.0 Å². The fourth-order valence-corrected chi connectivity index (χ4v) is 5.39. The van der Waals surface area contributed by atoms with Gasteiger partial charge in [0.05, 0.1) is 16.6 Å². The highest BCUT2D eigenvalue weighted by molar-refractivity contribution is 6.03. The second-order valence-corrected chi connectivity index (χ2v) is 9.64. The molecule has 34 heavy (non-hydrogen) atoms. The van der Waals surface area contributed by atoms with Crippen LogP contribution < -0.4 is 10.2 Å². The van der Waals surface area contributed by atoms with E-state index in [1.807, 2.05) is 61.0 Å². The van der Waals surface area contributed by atoms with Gasteiger partial charge in [0, 0.05) is 17.8 Å². The molecule has 0 spiro atoms. The minimum Gasteiger partial charge on any atom is -0.483 e. The molecule has 172 valence electrons. The molecule has 0 bridgehead atoms. The molecular formula is C27H23NO6. The van der Waals surface area contributed by atoms with Gasteiger partial charge in [0.2, 0.25) is 0 Å². The fraction of sp³-hybridized carbons (Fsp3) is 0.296. The van der Waals surface area contributed by atoms with Crippen LogP contribution in [0.2, 0.25) is 0 Å². The molecule has 2 aliphatic heterocycles. The smallest absolute Gasteiger partial charge is 0.317 e. The lowest BCUT2D eigenvalue weighted by molar-refractivity contribution is -0.174. The summed E-state index contributed by atoms with van der Waals surface area (Å²) in [5.74, 6) is -0.802. The van der Waals surface area contributed by atoms with Crippen molar-refractivity contribution in [1.82, 2.24) is 4.57 Å². The van der Waals surface area contributed by atoms with Crippen molar-refractivity contribution >= 4 is 44.5 Å². The molecule has 2 atom stereocenters. The normalized spacial score (nSPS) is 21.4. The lowest BCUT2D eigenvalue weighted by Crippen LogP contribution is -2.51. The van der Waals surface area contributed by atoms with Gasteiger partial charge in [-0.1, -0.05) is 24.3 Å². The number of hydrogen-bond acceptors (Lipinski definition) is 6. The summed E-state index contributed by atoms with van der Waals surface area (Å²) in [6.45, 7) is 5.47. The zero-order valence-corrected chi connectivity index (χ0v) is 19.3. The van der Waals surface area contributed by atoms with Gasteiger partial charge in [0.15, 0.2) is 17.6 Å². The first-order chi connectivity index (χ1) is 16.2. The zero-order chi connectivity index (χ0) is 23.9. The molecule has 0 aliphatic carbocycles. The SMILES string of the molecule is Cc1cc2c(c3c1c(=O)c1cc4ccccc4cc1n3C)C1OC(=O)CC(=O)OC1C(C)(C)O2. The number of aryl methyl sites for hydroxylation is 2. The molecule has 1 aromatic heterocycles. The van der Waals surface area contributed by atoms with Gasteiger partial charge in [-0.2, -0.15) is 0 Å². The first-order valence-corrected chi connectivity index (χ1v) is 11.2. The molecule has 0 N–H and O–H groups in total. The van der Waals surface area contributed by atoms with Crippen LogP contribution in [0.4, 0.5) is 0 Å². The Morgan fingerprint density at radius 1 is 0.971 bits per heavy atom. The largest absolute Gasteiger partial charge is 0.483 e. The van der Waals surface area contributed by atoms with Crippen LogP contribution in [-0.4, -0.2) is 28.2 Å². The summed E-state index contributed by atoms with van der Waals surface area (Å²) in [6, 6.07) is 13.6. The number of rotatable bonds is 0. The van der Waals surface area contributed by atoms with Crippen molar-refractivity contribution in [3.63, 3.8) is 0 Å². The molecule has 4 aromatic rings. The van der Waals surface area contributed by atoms with E-state index in [2.05, 4.69) is 0 Å². The number of aromatic nitrogens is 1. The first-order valence-electron chi connectivity index (χ1n) is 11.2. The topological polar surface area (TPSA) is 83.8 Å². The molecule has 2 unspecified atom stereocenters. The average Bonchev–Trinajstić information content (AvgIpc) is 2.93. The van der Waals surface area contributed by atoms with E-state index >= 15 is 0 Å². The van der Waals surface area contributed by atoms with Crippen LogP contribution >= 0.6 is 0 Å². The Morgan fingerprint density at radius 3 is 2.38 bits per heavy atom. The monoisotopic (exact) mass is 457 g/mol. The second kappa shape index (κ2) is 6.82. The molecule has 6 rings (SSSR count). The maximum atomic E-state index is 13.8. The molecule has 0 radical (unpaired) electrons. The van der Waals surface area contributed by atoms with Crippen molar-refractivity contribution in [2.24, 2.45) is 7.05 Å². The minimum atomic E-state index is -0.940. The predicted octanol–water partition coefficient (Wildman–Crippen LogP) is 4.22. The lowest BCUT2D eigenvalue weighted by Gasteiger charge is -2.42. The van der Waals surface area contributed by atoms with E-state index in [0.717, 1.165) is 21.9 Å². The van der Waals surface area contributed by atoms with E-state index in [0.29, 0.717) is 27.6 Å². The van der Waals surface area contributed by atoms with Gasteiger partial charge in [-0.15, -0.1) is 0 Å². The van der Waals surface area contributed by atoms with Crippen LogP contribution in [0.3, 0.4) is 0 Å². The maximum absolute atomic E-state index is 13.8. The quantitative estimate of drug-likeness (QED) is 0.223. The third-order valence-corrected chi connectivity index (χ3v) is 6.95. The highest BCUT2D eigenvalue weighted by Gasteiger charge is 2.51. The van der Waals surface area contributed by atoms with E-state index in [9.17, 15) is 14.4 Å². The number of nitrogens with zero attached hydrogens (tertiary/aromatic N) is 1. The van der Waals surface area contributed by atoms with Crippen molar-refractivity contribution in [1.29, 1.82) is 0 Å². The van der Waals surface area contributed by atoms with Crippen LogP contribution in [0.15, 0.2) is 47.3 Å². The molecule has 2 aliphatic rings. The molecular weight excluding hydrogens is 434 g/mol. The number of carbonyl (C=O) groups is 2. The Balaban J connectivity index is 1.77. The van der Waals surface area contributed by atoms with Crippen LogP contribution in [0, 0.1) is 6.92 Å². The number of carbonyl (C=O) groups excluding carboxylic acids is 2. The van der Waals surface area contributed by atoms with Gasteiger partial charge in [0.1, 0.15) is 17.8 Å². The fourth-order valence-electron chi connectivity index (χ4n) is 5.39. The number of ether oxygens (including phenoxy) is 3. The van der Waals surface area contributed by atoms with E-state index in [4.69, 9.17) is 14.2 Å². The van der Waals surface area contributed by atoms with Crippen LogP contribution in [0.25, 0.3) is 32.6 Å². The average molecular weight is 457 g/mol. The van der Waals surface area contributed by atoms with Gasteiger partial charge in [0.25, 0.3) is 0 Å². The maximum Gasteiger partial charge on any atom is 0.317 e. The van der Waals surface area contributed by atoms with Gasteiger partial charge in [-0.25, -0.2) is 0 Å². The summed E-state index contributed by atoms with van der Waals surface area (Å²) in [5.41, 5.74) is 1.62. The molecule has 3 heterocycles. The summed E-state index contributed by atoms with van der Waals surface area (Å²) in [5, 5.41) is 3.13. The van der Waals surface area contributed by atoms with Crippen LogP contribution in [-0.2, 0) is 26.1 Å². The van der Waals surface area contributed by atoms with Gasteiger partial charge < -0.3 is 18.8 Å². The highest BCUT2D eigenvalue weighted by atomic mass is 16.6. The summed E-state index contributed by atoms with van der Waals surface area (Å²) >= 11 is 0. The van der Waals surface area contributed by atoms with E-state index in [-0.39, 0.29) is 5.43 Å². The molecule has 1 fully saturated rings. The molecule has 7 nitrogen and oxygen atoms in total. The Kier molecular flexibility index (Phi) is 4.16. The standard InChI is InChI=1S/C27H23NO6/c1-13-9-18-22(25-26(27(2,3)34-18)33-20(30)12-19(29)32-25)23-21(13)24(31)16-10-14-7-5-6-8-15(14)11-17(16)28(23)4/h5-11,25-26H,12H2,1-4H3. The highest BCUT2D eigenvalue weighted by Crippen LogP contribution is 2.48. The third kappa shape index (κ3) is 2.79. The van der Waals surface area contributed by atoms with E-state index in [1.54, 1.807) is 13.8 Å². The van der Waals surface area contributed by atoms with Crippen LogP contribution in [0.5, 0.6) is 5.75 Å². The molecule has 0 amide bonds. The van der Waals surface area contributed by atoms with Crippen molar-refractivity contribution in [2.75, 3.05) is 0 Å². The van der Waals surface area contributed by atoms with E-state index in [1.165, 1.54) is 0 Å². The number of benzene rings is 3. The number of hydrogen-bond donors (Lipinski definition) is 0. The number of pyridine rings is 1. The van der Waals surface area contributed by atoms with Gasteiger partial charge in [-0.3, -0.25) is 14.4 Å². The van der Waals surface area contributed by atoms with E-state index < -0.39 is 36.2 Å². The Hall–Kier alpha value is -3.87. The van der Waals surface area contributed by atoms with Crippen LogP contribution in [0.1, 0.15) is 37.5 Å². The summed E-state index contributed by atoms with van der Waals surface area (Å²) in [7, 11) is 1.89. The Labute approximate surface area is 194 Å². The molecule has 3 aromatic carbocycles. The number of fused-ring (bicyclic) bond motifs is 7.